The number of carbonyl (C=O) groups excluding carboxylic acids is 1. The molecule has 3 rings (SSSR count). The summed E-state index contributed by atoms with van der Waals surface area (Å²) < 4.78 is 1.05. The maximum atomic E-state index is 13.1. The number of nitrogens with zero attached hydrogens (tertiary/aromatic N) is 2. The third-order valence-electron chi connectivity index (χ3n) is 4.60. The van der Waals surface area contributed by atoms with Crippen molar-refractivity contribution in [1.82, 2.24) is 14.5 Å². The van der Waals surface area contributed by atoms with E-state index in [4.69, 9.17) is 11.6 Å². The zero-order chi connectivity index (χ0) is 21.3. The van der Waals surface area contributed by atoms with Gasteiger partial charge in [-0.3, -0.25) is 14.2 Å². The van der Waals surface area contributed by atoms with Crippen LogP contribution in [0.5, 0.6) is 0 Å². The summed E-state index contributed by atoms with van der Waals surface area (Å²) >= 11 is 5.90. The summed E-state index contributed by atoms with van der Waals surface area (Å²) in [7, 11) is 0. The third-order valence-corrected chi connectivity index (χ3v) is 4.81. The number of halogens is 1. The summed E-state index contributed by atoms with van der Waals surface area (Å²) in [4.78, 5) is 45.7. The van der Waals surface area contributed by atoms with Crippen LogP contribution in [0.4, 0.5) is 0 Å². The molecule has 0 saturated carbocycles. The van der Waals surface area contributed by atoms with Gasteiger partial charge in [0.15, 0.2) is 0 Å². The molecule has 1 N–H and O–H groups in total. The number of nitrogens with one attached hydrogen (secondary N) is 1. The fraction of sp³-hybridized carbons (Fsp3) is 0.273. The monoisotopic (exact) mass is 411 g/mol. The first-order valence-electron chi connectivity index (χ1n) is 9.29. The van der Waals surface area contributed by atoms with Crippen LogP contribution in [0.25, 0.3) is 0 Å². The van der Waals surface area contributed by atoms with E-state index in [0.717, 1.165) is 15.7 Å². The fourth-order valence-electron chi connectivity index (χ4n) is 3.40. The number of hydrogen-bond acceptors (Lipinski definition) is 4. The fourth-order valence-corrected chi connectivity index (χ4v) is 3.58. The van der Waals surface area contributed by atoms with Crippen molar-refractivity contribution in [3.63, 3.8) is 0 Å². The van der Waals surface area contributed by atoms with Crippen molar-refractivity contribution in [1.29, 1.82) is 0 Å². The minimum atomic E-state index is -0.658. The van der Waals surface area contributed by atoms with Crippen molar-refractivity contribution < 1.29 is 4.79 Å². The molecule has 0 saturated heterocycles. The summed E-state index contributed by atoms with van der Waals surface area (Å²) in [5.74, 6) is -0.634. The summed E-state index contributed by atoms with van der Waals surface area (Å²) in [6.45, 7) is 7.38. The van der Waals surface area contributed by atoms with E-state index in [1.54, 1.807) is 30.3 Å². The number of aromatic amines is 1. The van der Waals surface area contributed by atoms with Gasteiger partial charge in [0, 0.05) is 11.1 Å². The molecule has 0 aliphatic heterocycles. The smallest absolute Gasteiger partial charge is 0.303 e. The number of carbonyl (C=O) groups is 1. The molecule has 2 aromatic heterocycles. The van der Waals surface area contributed by atoms with Crippen molar-refractivity contribution in [2.24, 2.45) is 0 Å². The molecule has 0 bridgehead atoms. The molecule has 6 nitrogen and oxygen atoms in total. The highest BCUT2D eigenvalue weighted by Crippen LogP contribution is 2.18. The summed E-state index contributed by atoms with van der Waals surface area (Å²) in [5.41, 5.74) is 1.93. The summed E-state index contributed by atoms with van der Waals surface area (Å²) in [6.07, 6.45) is 0. The van der Waals surface area contributed by atoms with E-state index >= 15 is 0 Å². The molecular weight excluding hydrogens is 390 g/mol. The number of aromatic nitrogens is 3. The molecule has 0 radical (unpaired) electrons. The molecule has 0 amide bonds. The molecule has 3 aromatic rings. The molecule has 0 atom stereocenters. The molecule has 0 fully saturated rings. The van der Waals surface area contributed by atoms with Crippen LogP contribution in [0.3, 0.4) is 0 Å². The lowest BCUT2D eigenvalue weighted by atomic mass is 9.96. The number of pyridine rings is 1. The van der Waals surface area contributed by atoms with Gasteiger partial charge in [0.2, 0.25) is 5.78 Å². The lowest BCUT2D eigenvalue weighted by molar-refractivity contribution is 0.103. The Morgan fingerprint density at radius 1 is 1.14 bits per heavy atom. The van der Waals surface area contributed by atoms with Gasteiger partial charge in [-0.05, 0) is 44.0 Å². The normalized spacial score (nSPS) is 11.1. The number of H-pyrrole nitrogens is 1. The van der Waals surface area contributed by atoms with E-state index in [-0.39, 0.29) is 34.7 Å². The molecule has 0 unspecified atom stereocenters. The Bertz CT molecular complexity index is 1190. The second-order valence-electron chi connectivity index (χ2n) is 7.42. The Hall–Kier alpha value is -2.99. The van der Waals surface area contributed by atoms with Gasteiger partial charge in [-0.15, -0.1) is 0 Å². The third kappa shape index (κ3) is 4.38. The second-order valence-corrected chi connectivity index (χ2v) is 7.81. The van der Waals surface area contributed by atoms with Crippen molar-refractivity contribution in [2.75, 3.05) is 0 Å². The van der Waals surface area contributed by atoms with E-state index < -0.39 is 11.2 Å². The molecule has 2 heterocycles. The van der Waals surface area contributed by atoms with E-state index in [1.165, 1.54) is 0 Å². The molecule has 29 heavy (non-hydrogen) atoms. The van der Waals surface area contributed by atoms with Crippen LogP contribution < -0.4 is 11.2 Å². The van der Waals surface area contributed by atoms with Gasteiger partial charge in [-0.25, -0.2) is 9.78 Å². The van der Waals surface area contributed by atoms with Crippen molar-refractivity contribution in [2.45, 2.75) is 40.2 Å². The van der Waals surface area contributed by atoms with Crippen LogP contribution in [0.15, 0.2) is 46.0 Å². The standard InChI is InChI=1S/C22H22ClN3O3/c1-12(2)18-19(20(27)15-9-13(3)8-14(4)10-15)25-22(29)26(21(18)28)11-16-6-5-7-17(23)24-16/h5-10,12H,11H2,1-4H3,(H,25,29). The Kier molecular flexibility index (Phi) is 5.84. The molecule has 0 aliphatic rings. The highest BCUT2D eigenvalue weighted by Gasteiger charge is 2.23. The number of benzene rings is 1. The Morgan fingerprint density at radius 3 is 2.38 bits per heavy atom. The predicted octanol–water partition coefficient (Wildman–Crippen LogP) is 3.60. The van der Waals surface area contributed by atoms with Gasteiger partial charge < -0.3 is 4.98 Å². The average Bonchev–Trinajstić information content (AvgIpc) is 2.63. The number of ketones is 1. The number of aryl methyl sites for hydroxylation is 2. The molecule has 7 heteroatoms. The second kappa shape index (κ2) is 8.17. The van der Waals surface area contributed by atoms with Crippen molar-refractivity contribution in [3.05, 3.63) is 96.0 Å². The Balaban J connectivity index is 2.16. The van der Waals surface area contributed by atoms with E-state index in [1.807, 2.05) is 33.8 Å². The van der Waals surface area contributed by atoms with E-state index in [9.17, 15) is 14.4 Å². The zero-order valence-electron chi connectivity index (χ0n) is 16.7. The molecular formula is C22H22ClN3O3. The highest BCUT2D eigenvalue weighted by molar-refractivity contribution is 6.29. The highest BCUT2D eigenvalue weighted by atomic mass is 35.5. The number of rotatable bonds is 5. The Morgan fingerprint density at radius 2 is 1.79 bits per heavy atom. The summed E-state index contributed by atoms with van der Waals surface area (Å²) in [5, 5.41) is 0.276. The van der Waals surface area contributed by atoms with Gasteiger partial charge in [0.25, 0.3) is 5.56 Å². The van der Waals surface area contributed by atoms with Gasteiger partial charge >= 0.3 is 5.69 Å². The van der Waals surface area contributed by atoms with Crippen LogP contribution in [0, 0.1) is 13.8 Å². The minimum absolute atomic E-state index is 0.0352. The maximum Gasteiger partial charge on any atom is 0.329 e. The largest absolute Gasteiger partial charge is 0.329 e. The number of hydrogen-bond donors (Lipinski definition) is 1. The zero-order valence-corrected chi connectivity index (χ0v) is 17.5. The topological polar surface area (TPSA) is 84.8 Å². The maximum absolute atomic E-state index is 13.1. The molecule has 0 spiro atoms. The quantitative estimate of drug-likeness (QED) is 0.513. The van der Waals surface area contributed by atoms with Crippen LogP contribution in [0.1, 0.15) is 58.2 Å². The van der Waals surface area contributed by atoms with Crippen LogP contribution >= 0.6 is 11.6 Å². The minimum Gasteiger partial charge on any atom is -0.303 e. The summed E-state index contributed by atoms with van der Waals surface area (Å²) in [6, 6.07) is 10.5. The van der Waals surface area contributed by atoms with Crippen LogP contribution in [0.2, 0.25) is 5.15 Å². The first kappa shape index (κ1) is 20.7. The van der Waals surface area contributed by atoms with Crippen LogP contribution in [-0.4, -0.2) is 20.3 Å². The first-order chi connectivity index (χ1) is 13.7. The average molecular weight is 412 g/mol. The van der Waals surface area contributed by atoms with Crippen molar-refractivity contribution in [3.8, 4) is 0 Å². The lowest BCUT2D eigenvalue weighted by Gasteiger charge is -2.14. The first-order valence-corrected chi connectivity index (χ1v) is 9.66. The Labute approximate surface area is 173 Å². The van der Waals surface area contributed by atoms with Crippen molar-refractivity contribution >= 4 is 17.4 Å². The van der Waals surface area contributed by atoms with Gasteiger partial charge in [0.05, 0.1) is 17.9 Å². The van der Waals surface area contributed by atoms with Crippen LogP contribution in [-0.2, 0) is 6.54 Å². The lowest BCUT2D eigenvalue weighted by Crippen LogP contribution is -2.40. The van der Waals surface area contributed by atoms with Gasteiger partial charge in [-0.1, -0.05) is 48.7 Å². The predicted molar refractivity (Wildman–Crippen MR) is 113 cm³/mol. The molecule has 1 aromatic carbocycles. The van der Waals surface area contributed by atoms with E-state index in [0.29, 0.717) is 11.3 Å². The van der Waals surface area contributed by atoms with Gasteiger partial charge in [0.1, 0.15) is 5.15 Å². The SMILES string of the molecule is Cc1cc(C)cc(C(=O)c2[nH]c(=O)n(Cc3cccc(Cl)n3)c(=O)c2C(C)C)c1. The molecule has 150 valence electrons. The molecule has 0 aliphatic carbocycles. The van der Waals surface area contributed by atoms with Gasteiger partial charge in [-0.2, -0.15) is 0 Å². The van der Waals surface area contributed by atoms with E-state index in [2.05, 4.69) is 9.97 Å².